The first kappa shape index (κ1) is 14.8. The van der Waals surface area contributed by atoms with Crippen LogP contribution in [0.3, 0.4) is 0 Å². The molecule has 22 heavy (non-hydrogen) atoms. The third-order valence-corrected chi connectivity index (χ3v) is 6.26. The van der Waals surface area contributed by atoms with E-state index in [0.717, 1.165) is 0 Å². The van der Waals surface area contributed by atoms with Gasteiger partial charge in [-0.15, -0.1) is 11.3 Å². The van der Waals surface area contributed by atoms with Gasteiger partial charge in [0.25, 0.3) is 5.91 Å². The fraction of sp³-hybridized carbons (Fsp3) is 0.231. The second kappa shape index (κ2) is 4.96. The minimum atomic E-state index is -3.51. The molecule has 2 aromatic rings. The van der Waals surface area contributed by atoms with Gasteiger partial charge in [0.2, 0.25) is 0 Å². The molecule has 0 saturated heterocycles. The van der Waals surface area contributed by atoms with Crippen LogP contribution in [-0.4, -0.2) is 33.4 Å². The highest BCUT2D eigenvalue weighted by Gasteiger charge is 2.35. The number of fused-ring (bicyclic) bond motifs is 1. The summed E-state index contributed by atoms with van der Waals surface area (Å²) >= 11 is 1.27. The number of nitrogens with one attached hydrogen (secondary N) is 1. The van der Waals surface area contributed by atoms with E-state index in [2.05, 4.69) is 10.3 Å². The molecule has 1 aliphatic heterocycles. The molecule has 1 amide bonds. The van der Waals surface area contributed by atoms with Gasteiger partial charge < -0.3 is 5.32 Å². The molecule has 1 N–H and O–H groups in total. The zero-order valence-corrected chi connectivity index (χ0v) is 13.8. The smallest absolute Gasteiger partial charge is 0.321 e. The molecule has 0 spiro atoms. The van der Waals surface area contributed by atoms with Crippen LogP contribution < -0.4 is 13.9 Å². The zero-order valence-electron chi connectivity index (χ0n) is 12.2. The first-order chi connectivity index (χ1) is 10.3. The number of thiazole rings is 1. The molecule has 7 nitrogen and oxygen atoms in total. The van der Waals surface area contributed by atoms with E-state index >= 15 is 0 Å². The van der Waals surface area contributed by atoms with Crippen LogP contribution in [0.15, 0.2) is 23.7 Å². The van der Waals surface area contributed by atoms with Crippen LogP contribution in [0.5, 0.6) is 0 Å². The number of nitrogens with zero attached hydrogens (tertiary/aromatic N) is 3. The summed E-state index contributed by atoms with van der Waals surface area (Å²) in [6, 6.07) is 4.99. The molecule has 1 aliphatic rings. The van der Waals surface area contributed by atoms with Gasteiger partial charge in [-0.25, -0.2) is 4.98 Å². The maximum Gasteiger partial charge on any atom is 0.326 e. The third-order valence-electron chi connectivity index (χ3n) is 3.56. The van der Waals surface area contributed by atoms with Gasteiger partial charge in [-0.05, 0) is 25.1 Å². The van der Waals surface area contributed by atoms with Crippen molar-refractivity contribution in [1.29, 1.82) is 0 Å². The van der Waals surface area contributed by atoms with Crippen molar-refractivity contribution in [1.82, 2.24) is 4.98 Å². The van der Waals surface area contributed by atoms with E-state index < -0.39 is 10.2 Å². The largest absolute Gasteiger partial charge is 0.326 e. The van der Waals surface area contributed by atoms with E-state index in [4.69, 9.17) is 0 Å². The predicted molar refractivity (Wildman–Crippen MR) is 87.0 cm³/mol. The number of carbonyl (C=O) groups excluding carboxylic acids is 1. The first-order valence-corrected chi connectivity index (χ1v) is 8.68. The normalized spacial score (nSPS) is 15.8. The number of hydrogen-bond acceptors (Lipinski definition) is 5. The Kier molecular flexibility index (Phi) is 3.33. The van der Waals surface area contributed by atoms with Crippen molar-refractivity contribution in [3.63, 3.8) is 0 Å². The minimum Gasteiger partial charge on any atom is -0.321 e. The fourth-order valence-corrected chi connectivity index (χ4v) is 4.12. The Morgan fingerprint density at radius 3 is 2.55 bits per heavy atom. The summed E-state index contributed by atoms with van der Waals surface area (Å²) in [5.74, 6) is -0.253. The molecular formula is C13H14N4O3S2. The van der Waals surface area contributed by atoms with E-state index in [1.54, 1.807) is 30.6 Å². The van der Waals surface area contributed by atoms with E-state index in [9.17, 15) is 13.2 Å². The minimum absolute atomic E-state index is 0.253. The van der Waals surface area contributed by atoms with Gasteiger partial charge in [-0.3, -0.25) is 13.4 Å². The van der Waals surface area contributed by atoms with Crippen molar-refractivity contribution in [3.8, 4) is 0 Å². The molecule has 0 saturated carbocycles. The number of hydrogen-bond donors (Lipinski definition) is 1. The maximum absolute atomic E-state index is 12.2. The van der Waals surface area contributed by atoms with Gasteiger partial charge in [0, 0.05) is 19.8 Å². The Hall–Kier alpha value is -2.13. The average Bonchev–Trinajstić information content (AvgIpc) is 2.97. The van der Waals surface area contributed by atoms with Gasteiger partial charge in [0.05, 0.1) is 22.6 Å². The lowest BCUT2D eigenvalue weighted by atomic mass is 10.2. The molecule has 0 radical (unpaired) electrons. The van der Waals surface area contributed by atoms with Crippen LogP contribution in [0.25, 0.3) is 0 Å². The molecule has 0 aliphatic carbocycles. The Morgan fingerprint density at radius 1 is 1.23 bits per heavy atom. The van der Waals surface area contributed by atoms with Crippen LogP contribution in [0.2, 0.25) is 0 Å². The monoisotopic (exact) mass is 338 g/mol. The van der Waals surface area contributed by atoms with E-state index in [1.807, 2.05) is 0 Å². The molecular weight excluding hydrogens is 324 g/mol. The standard InChI is InChI=1S/C13H14N4O3S2/c1-8-12(21-7-14-8)13(18)15-9-4-5-10-11(6-9)17(3)22(19,20)16(10)2/h4-7H,1-3H3,(H,15,18). The van der Waals surface area contributed by atoms with Crippen LogP contribution in [0.1, 0.15) is 15.4 Å². The highest BCUT2D eigenvalue weighted by Crippen LogP contribution is 2.40. The second-order valence-corrected chi connectivity index (χ2v) is 7.71. The molecule has 1 aromatic heterocycles. The summed E-state index contributed by atoms with van der Waals surface area (Å²) in [4.78, 5) is 16.8. The van der Waals surface area contributed by atoms with Crippen LogP contribution in [-0.2, 0) is 10.2 Å². The lowest BCUT2D eigenvalue weighted by molar-refractivity contribution is 0.103. The number of carbonyl (C=O) groups is 1. The van der Waals surface area contributed by atoms with Gasteiger partial charge in [0.15, 0.2) is 0 Å². The summed E-state index contributed by atoms with van der Waals surface area (Å²) in [6.07, 6.45) is 0. The number of aryl methyl sites for hydroxylation is 1. The zero-order chi connectivity index (χ0) is 16.1. The average molecular weight is 338 g/mol. The lowest BCUT2D eigenvalue weighted by Crippen LogP contribution is -2.32. The highest BCUT2D eigenvalue weighted by molar-refractivity contribution is 7.94. The molecule has 0 unspecified atom stereocenters. The van der Waals surface area contributed by atoms with Crippen molar-refractivity contribution in [3.05, 3.63) is 34.3 Å². The molecule has 0 fully saturated rings. The maximum atomic E-state index is 12.2. The van der Waals surface area contributed by atoms with Crippen LogP contribution >= 0.6 is 11.3 Å². The van der Waals surface area contributed by atoms with Crippen molar-refractivity contribution in [2.75, 3.05) is 28.0 Å². The molecule has 1 aromatic carbocycles. The quantitative estimate of drug-likeness (QED) is 0.906. The highest BCUT2D eigenvalue weighted by atomic mass is 32.2. The topological polar surface area (TPSA) is 82.6 Å². The van der Waals surface area contributed by atoms with Crippen molar-refractivity contribution < 1.29 is 13.2 Å². The van der Waals surface area contributed by atoms with Crippen molar-refractivity contribution in [2.45, 2.75) is 6.92 Å². The molecule has 0 bridgehead atoms. The summed E-state index contributed by atoms with van der Waals surface area (Å²) in [6.45, 7) is 1.77. The molecule has 116 valence electrons. The number of anilines is 3. The number of rotatable bonds is 2. The second-order valence-electron chi connectivity index (χ2n) is 4.87. The van der Waals surface area contributed by atoms with Gasteiger partial charge in [-0.1, -0.05) is 0 Å². The van der Waals surface area contributed by atoms with E-state index in [-0.39, 0.29) is 5.91 Å². The molecule has 0 atom stereocenters. The van der Waals surface area contributed by atoms with Crippen molar-refractivity contribution >= 4 is 44.5 Å². The van der Waals surface area contributed by atoms with Crippen LogP contribution in [0, 0.1) is 6.92 Å². The Balaban J connectivity index is 1.92. The van der Waals surface area contributed by atoms with Gasteiger partial charge >= 0.3 is 10.2 Å². The molecule has 9 heteroatoms. The molecule has 3 rings (SSSR count). The van der Waals surface area contributed by atoms with Gasteiger partial charge in [0.1, 0.15) is 4.88 Å². The SMILES string of the molecule is Cc1ncsc1C(=O)Nc1ccc2c(c1)N(C)S(=O)(=O)N2C. The lowest BCUT2D eigenvalue weighted by Gasteiger charge is -2.13. The number of benzene rings is 1. The Morgan fingerprint density at radius 2 is 1.91 bits per heavy atom. The third kappa shape index (κ3) is 2.13. The van der Waals surface area contributed by atoms with Crippen molar-refractivity contribution in [2.24, 2.45) is 0 Å². The predicted octanol–water partition coefficient (Wildman–Crippen LogP) is 1.83. The number of aromatic nitrogens is 1. The Bertz CT molecular complexity index is 860. The summed E-state index contributed by atoms with van der Waals surface area (Å²) in [5, 5.41) is 2.77. The van der Waals surface area contributed by atoms with E-state index in [0.29, 0.717) is 27.6 Å². The fourth-order valence-electron chi connectivity index (χ4n) is 2.26. The summed E-state index contributed by atoms with van der Waals surface area (Å²) in [5.41, 5.74) is 3.93. The molecule has 2 heterocycles. The van der Waals surface area contributed by atoms with E-state index in [1.165, 1.54) is 34.0 Å². The summed E-state index contributed by atoms with van der Waals surface area (Å²) < 4.78 is 26.5. The van der Waals surface area contributed by atoms with Crippen LogP contribution in [0.4, 0.5) is 17.1 Å². The summed E-state index contributed by atoms with van der Waals surface area (Å²) in [7, 11) is -0.533. The van der Waals surface area contributed by atoms with Gasteiger partial charge in [-0.2, -0.15) is 8.42 Å². The Labute approximate surface area is 132 Å². The first-order valence-electron chi connectivity index (χ1n) is 6.40. The number of amides is 1.